The van der Waals surface area contributed by atoms with Gasteiger partial charge in [0.15, 0.2) is 5.13 Å². The lowest BCUT2D eigenvalue weighted by molar-refractivity contribution is -0.131. The maximum Gasteiger partial charge on any atom is 0.259 e. The third-order valence-corrected chi connectivity index (χ3v) is 6.51. The summed E-state index contributed by atoms with van der Waals surface area (Å²) in [6.07, 6.45) is 4.56. The number of carbonyl (C=O) groups excluding carboxylic acids is 2. The highest BCUT2D eigenvalue weighted by atomic mass is 32.1. The molecule has 0 aliphatic carbocycles. The molecular formula is C24H28N6O3S. The van der Waals surface area contributed by atoms with Gasteiger partial charge < -0.3 is 15.4 Å². The standard InChI is InChI=1S/C24H28N6O3S/c1-33-20-4-2-19(3-5-20)23(32)30(21-17-34-24(25)27-21)16-22(31)29-14-12-28(13-15-29)11-8-18-6-9-26-10-7-18/h2-7,9-10,17H,8,11-16H2,1H3,(H2,25,27). The van der Waals surface area contributed by atoms with Crippen molar-refractivity contribution in [3.05, 3.63) is 65.3 Å². The summed E-state index contributed by atoms with van der Waals surface area (Å²) in [6.45, 7) is 3.69. The number of carbonyl (C=O) groups is 2. The van der Waals surface area contributed by atoms with E-state index in [0.29, 0.717) is 35.4 Å². The molecule has 178 valence electrons. The zero-order valence-electron chi connectivity index (χ0n) is 19.1. The van der Waals surface area contributed by atoms with Crippen LogP contribution in [-0.2, 0) is 11.2 Å². The average molecular weight is 481 g/mol. The Labute approximate surface area is 202 Å². The summed E-state index contributed by atoms with van der Waals surface area (Å²) in [5.74, 6) is 0.617. The quantitative estimate of drug-likeness (QED) is 0.527. The first-order valence-corrected chi connectivity index (χ1v) is 12.0. The summed E-state index contributed by atoms with van der Waals surface area (Å²) in [4.78, 5) is 40.3. The monoisotopic (exact) mass is 480 g/mol. The molecule has 10 heteroatoms. The zero-order chi connectivity index (χ0) is 23.9. The number of pyridine rings is 1. The average Bonchev–Trinajstić information content (AvgIpc) is 3.32. The van der Waals surface area contributed by atoms with E-state index in [4.69, 9.17) is 10.5 Å². The van der Waals surface area contributed by atoms with E-state index in [1.807, 2.05) is 17.0 Å². The molecule has 3 aromatic rings. The summed E-state index contributed by atoms with van der Waals surface area (Å²) in [7, 11) is 1.57. The number of thiazole rings is 1. The third kappa shape index (κ3) is 5.89. The van der Waals surface area contributed by atoms with Crippen LogP contribution in [0.15, 0.2) is 54.2 Å². The lowest BCUT2D eigenvalue weighted by Crippen LogP contribution is -2.52. The maximum absolute atomic E-state index is 13.3. The number of amides is 2. The number of piperazine rings is 1. The Morgan fingerprint density at radius 1 is 1.09 bits per heavy atom. The van der Waals surface area contributed by atoms with Crippen LogP contribution in [0, 0.1) is 0 Å². The molecule has 1 fully saturated rings. The molecule has 1 aliphatic heterocycles. The molecule has 2 aromatic heterocycles. The number of nitrogen functional groups attached to an aromatic ring is 1. The van der Waals surface area contributed by atoms with Crippen LogP contribution in [0.2, 0.25) is 0 Å². The van der Waals surface area contributed by atoms with Gasteiger partial charge in [0.25, 0.3) is 5.91 Å². The molecule has 2 amide bonds. The third-order valence-electron chi connectivity index (χ3n) is 5.85. The van der Waals surface area contributed by atoms with Crippen molar-refractivity contribution in [2.24, 2.45) is 0 Å². The van der Waals surface area contributed by atoms with Crippen molar-refractivity contribution >= 4 is 34.1 Å². The van der Waals surface area contributed by atoms with Gasteiger partial charge in [0, 0.05) is 56.1 Å². The van der Waals surface area contributed by atoms with Crippen molar-refractivity contribution in [1.29, 1.82) is 0 Å². The molecule has 1 saturated heterocycles. The molecule has 0 radical (unpaired) electrons. The summed E-state index contributed by atoms with van der Waals surface area (Å²) < 4.78 is 5.17. The van der Waals surface area contributed by atoms with E-state index in [9.17, 15) is 9.59 Å². The van der Waals surface area contributed by atoms with Gasteiger partial charge in [-0.05, 0) is 48.4 Å². The van der Waals surface area contributed by atoms with Crippen LogP contribution >= 0.6 is 11.3 Å². The van der Waals surface area contributed by atoms with E-state index < -0.39 is 0 Å². The van der Waals surface area contributed by atoms with E-state index in [0.717, 1.165) is 26.1 Å². The normalized spacial score (nSPS) is 14.1. The number of anilines is 2. The van der Waals surface area contributed by atoms with Crippen LogP contribution in [0.1, 0.15) is 15.9 Å². The zero-order valence-corrected chi connectivity index (χ0v) is 19.9. The Kier molecular flexibility index (Phi) is 7.71. The Morgan fingerprint density at radius 2 is 1.79 bits per heavy atom. The molecule has 34 heavy (non-hydrogen) atoms. The van der Waals surface area contributed by atoms with Gasteiger partial charge in [0.1, 0.15) is 18.1 Å². The highest BCUT2D eigenvalue weighted by Crippen LogP contribution is 2.23. The van der Waals surface area contributed by atoms with E-state index in [1.54, 1.807) is 49.1 Å². The summed E-state index contributed by atoms with van der Waals surface area (Å²) in [5.41, 5.74) is 7.50. The van der Waals surface area contributed by atoms with Gasteiger partial charge in [-0.2, -0.15) is 0 Å². The number of nitrogens with zero attached hydrogens (tertiary/aromatic N) is 5. The van der Waals surface area contributed by atoms with Gasteiger partial charge in [0.2, 0.25) is 5.91 Å². The molecule has 2 N–H and O–H groups in total. The van der Waals surface area contributed by atoms with Crippen molar-refractivity contribution in [3.8, 4) is 5.75 Å². The number of ether oxygens (including phenoxy) is 1. The molecule has 1 aliphatic rings. The Bertz CT molecular complexity index is 1100. The van der Waals surface area contributed by atoms with Gasteiger partial charge in [0.05, 0.1) is 7.11 Å². The second-order valence-electron chi connectivity index (χ2n) is 7.99. The second-order valence-corrected chi connectivity index (χ2v) is 8.88. The van der Waals surface area contributed by atoms with Crippen LogP contribution in [0.25, 0.3) is 0 Å². The molecule has 0 atom stereocenters. The first-order chi connectivity index (χ1) is 16.5. The molecule has 4 rings (SSSR count). The predicted molar refractivity (Wildman–Crippen MR) is 132 cm³/mol. The van der Waals surface area contributed by atoms with Gasteiger partial charge in [-0.25, -0.2) is 4.98 Å². The number of rotatable bonds is 8. The van der Waals surface area contributed by atoms with E-state index in [2.05, 4.69) is 14.9 Å². The molecule has 9 nitrogen and oxygen atoms in total. The SMILES string of the molecule is COc1ccc(C(=O)N(CC(=O)N2CCN(CCc3ccncc3)CC2)c2csc(N)n2)cc1. The Hall–Kier alpha value is -3.50. The molecule has 0 bridgehead atoms. The molecule has 1 aromatic carbocycles. The van der Waals surface area contributed by atoms with Gasteiger partial charge >= 0.3 is 0 Å². The summed E-state index contributed by atoms with van der Waals surface area (Å²) in [6, 6.07) is 10.8. The highest BCUT2D eigenvalue weighted by Gasteiger charge is 2.27. The molecule has 0 saturated carbocycles. The highest BCUT2D eigenvalue weighted by molar-refractivity contribution is 7.13. The second kappa shape index (κ2) is 11.1. The number of benzene rings is 1. The number of hydrogen-bond acceptors (Lipinski definition) is 8. The Balaban J connectivity index is 1.37. The molecular weight excluding hydrogens is 452 g/mol. The molecule has 0 unspecified atom stereocenters. The largest absolute Gasteiger partial charge is 0.497 e. The van der Waals surface area contributed by atoms with E-state index >= 15 is 0 Å². The smallest absolute Gasteiger partial charge is 0.259 e. The minimum atomic E-state index is -0.308. The van der Waals surface area contributed by atoms with Crippen LogP contribution in [0.5, 0.6) is 5.75 Å². The minimum absolute atomic E-state index is 0.0922. The predicted octanol–water partition coefficient (Wildman–Crippen LogP) is 2.16. The lowest BCUT2D eigenvalue weighted by Gasteiger charge is -2.35. The first-order valence-electron chi connectivity index (χ1n) is 11.1. The fourth-order valence-electron chi connectivity index (χ4n) is 3.84. The fraction of sp³-hybridized carbons (Fsp3) is 0.333. The fourth-order valence-corrected chi connectivity index (χ4v) is 4.39. The van der Waals surface area contributed by atoms with Gasteiger partial charge in [-0.1, -0.05) is 0 Å². The summed E-state index contributed by atoms with van der Waals surface area (Å²) in [5, 5.41) is 2.04. The van der Waals surface area contributed by atoms with Crippen LogP contribution < -0.4 is 15.4 Å². The molecule has 0 spiro atoms. The van der Waals surface area contributed by atoms with Crippen LogP contribution in [0.4, 0.5) is 10.9 Å². The van der Waals surface area contributed by atoms with Crippen molar-refractivity contribution < 1.29 is 14.3 Å². The van der Waals surface area contributed by atoms with Crippen molar-refractivity contribution in [3.63, 3.8) is 0 Å². The number of methoxy groups -OCH3 is 1. The minimum Gasteiger partial charge on any atom is -0.497 e. The van der Waals surface area contributed by atoms with Gasteiger partial charge in [-0.3, -0.25) is 24.4 Å². The lowest BCUT2D eigenvalue weighted by atomic mass is 10.1. The van der Waals surface area contributed by atoms with E-state index in [-0.39, 0.29) is 18.4 Å². The van der Waals surface area contributed by atoms with E-state index in [1.165, 1.54) is 21.8 Å². The van der Waals surface area contributed by atoms with Crippen molar-refractivity contribution in [1.82, 2.24) is 19.8 Å². The number of nitrogens with two attached hydrogens (primary N) is 1. The number of aromatic nitrogens is 2. The first kappa shape index (κ1) is 23.7. The van der Waals surface area contributed by atoms with Gasteiger partial charge in [-0.15, -0.1) is 11.3 Å². The van der Waals surface area contributed by atoms with Crippen LogP contribution in [0.3, 0.4) is 0 Å². The maximum atomic E-state index is 13.3. The molecule has 3 heterocycles. The Morgan fingerprint density at radius 3 is 2.41 bits per heavy atom. The number of hydrogen-bond donors (Lipinski definition) is 1. The van der Waals surface area contributed by atoms with Crippen molar-refractivity contribution in [2.75, 3.05) is 57.0 Å². The van der Waals surface area contributed by atoms with Crippen LogP contribution in [-0.4, -0.2) is 78.0 Å². The topological polar surface area (TPSA) is 105 Å². The van der Waals surface area contributed by atoms with Crippen molar-refractivity contribution in [2.45, 2.75) is 6.42 Å². The summed E-state index contributed by atoms with van der Waals surface area (Å²) >= 11 is 1.24.